The molecule has 0 aliphatic heterocycles. The van der Waals surface area contributed by atoms with E-state index in [0.717, 1.165) is 11.1 Å². The van der Waals surface area contributed by atoms with E-state index < -0.39 is 6.10 Å². The number of likely N-dealkylation sites (N-methyl/N-ethyl adjacent to an activating group) is 1. The van der Waals surface area contributed by atoms with Crippen molar-refractivity contribution in [3.05, 3.63) is 71.8 Å². The van der Waals surface area contributed by atoms with E-state index in [0.29, 0.717) is 0 Å². The summed E-state index contributed by atoms with van der Waals surface area (Å²) in [5, 5.41) is 10.6. The third-order valence-electron chi connectivity index (χ3n) is 3.14. The summed E-state index contributed by atoms with van der Waals surface area (Å²) in [5.74, 6) is 0. The van der Waals surface area contributed by atoms with Crippen molar-refractivity contribution in [2.45, 2.75) is 12.1 Å². The maximum absolute atomic E-state index is 10.6. The molecule has 0 saturated heterocycles. The third-order valence-corrected chi connectivity index (χ3v) is 3.14. The molecule has 102 valence electrons. The van der Waals surface area contributed by atoms with E-state index in [2.05, 4.69) is 12.1 Å². The predicted octanol–water partition coefficient (Wildman–Crippen LogP) is 3.44. The summed E-state index contributed by atoms with van der Waals surface area (Å²) in [6.07, 6.45) is -0.524. The zero-order valence-corrected chi connectivity index (χ0v) is 12.0. The van der Waals surface area contributed by atoms with Gasteiger partial charge in [-0.3, -0.25) is 4.90 Å². The van der Waals surface area contributed by atoms with Crippen molar-refractivity contribution in [2.75, 3.05) is 14.1 Å². The summed E-state index contributed by atoms with van der Waals surface area (Å²) >= 11 is 0. The van der Waals surface area contributed by atoms with Gasteiger partial charge in [0.15, 0.2) is 0 Å². The lowest BCUT2D eigenvalue weighted by atomic mass is 9.95. The molecule has 2 atom stereocenters. The number of rotatable bonds is 4. The van der Waals surface area contributed by atoms with Gasteiger partial charge in [-0.2, -0.15) is 0 Å². The molecule has 0 bridgehead atoms. The Kier molecular flexibility index (Phi) is 6.03. The summed E-state index contributed by atoms with van der Waals surface area (Å²) in [6.45, 7) is 0. The van der Waals surface area contributed by atoms with Crippen LogP contribution in [0.25, 0.3) is 0 Å². The Morgan fingerprint density at radius 3 is 1.63 bits per heavy atom. The monoisotopic (exact) mass is 277 g/mol. The van der Waals surface area contributed by atoms with Gasteiger partial charge in [0.05, 0.1) is 12.1 Å². The summed E-state index contributed by atoms with van der Waals surface area (Å²) < 4.78 is 0. The minimum atomic E-state index is -0.524. The standard InChI is InChI=1S/C16H19NO.ClH/c1-17(2)15(13-9-5-3-6-10-13)16(18)14-11-7-4-8-12-14;/h3-12,15-16,18H,1-2H3;1H/t15-,16+;/m0./s1. The number of nitrogens with zero attached hydrogens (tertiary/aromatic N) is 1. The molecule has 0 radical (unpaired) electrons. The summed E-state index contributed by atoms with van der Waals surface area (Å²) in [7, 11) is 3.98. The molecule has 2 aromatic carbocycles. The normalized spacial score (nSPS) is 13.7. The van der Waals surface area contributed by atoms with E-state index in [9.17, 15) is 5.11 Å². The van der Waals surface area contributed by atoms with Crippen LogP contribution >= 0.6 is 12.4 Å². The van der Waals surface area contributed by atoms with Crippen LogP contribution in [0.15, 0.2) is 60.7 Å². The van der Waals surface area contributed by atoms with E-state index >= 15 is 0 Å². The van der Waals surface area contributed by atoms with E-state index in [1.54, 1.807) is 0 Å². The van der Waals surface area contributed by atoms with Crippen LogP contribution in [0.5, 0.6) is 0 Å². The van der Waals surface area contributed by atoms with Crippen molar-refractivity contribution in [2.24, 2.45) is 0 Å². The second-order valence-corrected chi connectivity index (χ2v) is 4.67. The fourth-order valence-corrected chi connectivity index (χ4v) is 2.25. The smallest absolute Gasteiger partial charge is 0.0986 e. The highest BCUT2D eigenvalue weighted by molar-refractivity contribution is 5.85. The second kappa shape index (κ2) is 7.29. The summed E-state index contributed by atoms with van der Waals surface area (Å²) in [4.78, 5) is 2.05. The molecule has 0 aliphatic rings. The highest BCUT2D eigenvalue weighted by Gasteiger charge is 2.24. The topological polar surface area (TPSA) is 23.5 Å². The number of aliphatic hydroxyl groups is 1. The first-order valence-electron chi connectivity index (χ1n) is 6.14. The molecule has 0 fully saturated rings. The third kappa shape index (κ3) is 3.80. The van der Waals surface area contributed by atoms with E-state index in [-0.39, 0.29) is 18.4 Å². The molecule has 19 heavy (non-hydrogen) atoms. The molecule has 0 aromatic heterocycles. The Balaban J connectivity index is 0.00000180. The number of hydrogen-bond acceptors (Lipinski definition) is 2. The molecular weight excluding hydrogens is 258 g/mol. The predicted molar refractivity (Wildman–Crippen MR) is 81.5 cm³/mol. The van der Waals surface area contributed by atoms with Crippen molar-refractivity contribution in [3.63, 3.8) is 0 Å². The Morgan fingerprint density at radius 1 is 0.789 bits per heavy atom. The van der Waals surface area contributed by atoms with Crippen LogP contribution in [0.2, 0.25) is 0 Å². The molecule has 3 heteroatoms. The van der Waals surface area contributed by atoms with E-state index in [1.165, 1.54) is 0 Å². The van der Waals surface area contributed by atoms with Gasteiger partial charge in [0.25, 0.3) is 0 Å². The second-order valence-electron chi connectivity index (χ2n) is 4.67. The van der Waals surface area contributed by atoms with Crippen LogP contribution in [-0.2, 0) is 0 Å². The molecule has 0 spiro atoms. The lowest BCUT2D eigenvalue weighted by molar-refractivity contribution is 0.0754. The molecule has 0 heterocycles. The molecule has 0 aliphatic carbocycles. The van der Waals surface area contributed by atoms with Crippen LogP contribution in [0.3, 0.4) is 0 Å². The highest BCUT2D eigenvalue weighted by Crippen LogP contribution is 2.32. The highest BCUT2D eigenvalue weighted by atomic mass is 35.5. The van der Waals surface area contributed by atoms with Gasteiger partial charge in [-0.1, -0.05) is 60.7 Å². The Labute approximate surface area is 121 Å². The molecule has 2 rings (SSSR count). The fraction of sp³-hybridized carbons (Fsp3) is 0.250. The fourth-order valence-electron chi connectivity index (χ4n) is 2.25. The largest absolute Gasteiger partial charge is 0.386 e. The first kappa shape index (κ1) is 15.7. The van der Waals surface area contributed by atoms with Gasteiger partial charge in [-0.05, 0) is 25.2 Å². The zero-order valence-electron chi connectivity index (χ0n) is 11.2. The van der Waals surface area contributed by atoms with Gasteiger partial charge in [0, 0.05) is 0 Å². The van der Waals surface area contributed by atoms with E-state index in [1.807, 2.05) is 67.5 Å². The first-order valence-corrected chi connectivity index (χ1v) is 6.14. The number of hydrogen-bond donors (Lipinski definition) is 1. The summed E-state index contributed by atoms with van der Waals surface area (Å²) in [5.41, 5.74) is 2.07. The van der Waals surface area contributed by atoms with Gasteiger partial charge in [-0.25, -0.2) is 0 Å². The van der Waals surface area contributed by atoms with Crippen LogP contribution in [-0.4, -0.2) is 24.1 Å². The van der Waals surface area contributed by atoms with Crippen molar-refractivity contribution in [3.8, 4) is 0 Å². The molecule has 2 aromatic rings. The van der Waals surface area contributed by atoms with Gasteiger partial charge in [0.2, 0.25) is 0 Å². The van der Waals surface area contributed by atoms with Crippen LogP contribution in [0.1, 0.15) is 23.3 Å². The lowest BCUT2D eigenvalue weighted by Gasteiger charge is -2.29. The molecule has 1 N–H and O–H groups in total. The van der Waals surface area contributed by atoms with Crippen LogP contribution in [0, 0.1) is 0 Å². The Morgan fingerprint density at radius 2 is 1.21 bits per heavy atom. The van der Waals surface area contributed by atoms with Crippen molar-refractivity contribution >= 4 is 12.4 Å². The Hall–Kier alpha value is -1.35. The average molecular weight is 278 g/mol. The SMILES string of the molecule is CN(C)[C@@H](c1ccccc1)[C@H](O)c1ccccc1.Cl. The zero-order chi connectivity index (χ0) is 13.0. The Bertz CT molecular complexity index is 473. The lowest BCUT2D eigenvalue weighted by Crippen LogP contribution is -2.26. The summed E-state index contributed by atoms with van der Waals surface area (Å²) in [6, 6.07) is 19.9. The van der Waals surface area contributed by atoms with Crippen molar-refractivity contribution in [1.82, 2.24) is 4.90 Å². The quantitative estimate of drug-likeness (QED) is 0.925. The molecule has 2 nitrogen and oxygen atoms in total. The average Bonchev–Trinajstić information content (AvgIpc) is 2.40. The van der Waals surface area contributed by atoms with Gasteiger partial charge < -0.3 is 5.11 Å². The number of halogens is 1. The molecular formula is C16H20ClNO. The molecule has 0 amide bonds. The maximum atomic E-state index is 10.6. The maximum Gasteiger partial charge on any atom is 0.0986 e. The van der Waals surface area contributed by atoms with Crippen molar-refractivity contribution in [1.29, 1.82) is 0 Å². The van der Waals surface area contributed by atoms with Crippen LogP contribution in [0.4, 0.5) is 0 Å². The molecule has 0 unspecified atom stereocenters. The first-order chi connectivity index (χ1) is 8.70. The molecule has 0 saturated carbocycles. The van der Waals surface area contributed by atoms with Crippen molar-refractivity contribution < 1.29 is 5.11 Å². The number of aliphatic hydroxyl groups excluding tert-OH is 1. The van der Waals surface area contributed by atoms with Gasteiger partial charge in [-0.15, -0.1) is 12.4 Å². The van der Waals surface area contributed by atoms with Crippen LogP contribution < -0.4 is 0 Å². The minimum absolute atomic E-state index is 0. The van der Waals surface area contributed by atoms with Gasteiger partial charge in [0.1, 0.15) is 0 Å². The van der Waals surface area contributed by atoms with Gasteiger partial charge >= 0.3 is 0 Å². The van der Waals surface area contributed by atoms with E-state index in [4.69, 9.17) is 0 Å². The minimum Gasteiger partial charge on any atom is -0.386 e. The number of benzene rings is 2.